The van der Waals surface area contributed by atoms with Crippen LogP contribution in [-0.4, -0.2) is 11.5 Å². The van der Waals surface area contributed by atoms with Crippen molar-refractivity contribution in [3.63, 3.8) is 0 Å². The number of halogens is 1. The zero-order chi connectivity index (χ0) is 14.5. The number of non-ortho nitro benzene ring substituents is 1. The third-order valence-electron chi connectivity index (χ3n) is 3.03. The average Bonchev–Trinajstić information content (AvgIpc) is 2.86. The predicted octanol–water partition coefficient (Wildman–Crippen LogP) is 4.20. The van der Waals surface area contributed by atoms with Gasteiger partial charge in [0.15, 0.2) is 0 Å². The Labute approximate surface area is 126 Å². The highest BCUT2D eigenvalue weighted by atomic mass is 35.5. The molecule has 1 unspecified atom stereocenters. The van der Waals surface area contributed by atoms with E-state index in [4.69, 9.17) is 11.6 Å². The molecule has 2 rings (SSSR count). The molecule has 4 nitrogen and oxygen atoms in total. The van der Waals surface area contributed by atoms with Gasteiger partial charge in [-0.3, -0.25) is 10.1 Å². The summed E-state index contributed by atoms with van der Waals surface area (Å²) in [5.41, 5.74) is 1.21. The number of nitrogens with one attached hydrogen (secondary N) is 1. The number of nitro groups is 1. The third-order valence-corrected chi connectivity index (χ3v) is 4.45. The lowest BCUT2D eigenvalue weighted by Crippen LogP contribution is -2.20. The average molecular weight is 311 g/mol. The van der Waals surface area contributed by atoms with Crippen molar-refractivity contribution in [2.45, 2.75) is 19.4 Å². The van der Waals surface area contributed by atoms with E-state index in [1.165, 1.54) is 17.0 Å². The van der Waals surface area contributed by atoms with Crippen LogP contribution in [0.4, 0.5) is 5.69 Å². The quantitative estimate of drug-likeness (QED) is 0.642. The van der Waals surface area contributed by atoms with E-state index in [2.05, 4.69) is 12.2 Å². The number of nitrogens with zero attached hydrogens (tertiary/aromatic N) is 1. The maximum absolute atomic E-state index is 10.6. The van der Waals surface area contributed by atoms with Crippen LogP contribution in [0.5, 0.6) is 0 Å². The zero-order valence-corrected chi connectivity index (χ0v) is 12.6. The number of hydrogen-bond donors (Lipinski definition) is 1. The molecule has 20 heavy (non-hydrogen) atoms. The highest BCUT2D eigenvalue weighted by Gasteiger charge is 2.08. The summed E-state index contributed by atoms with van der Waals surface area (Å²) in [5, 5.41) is 14.0. The molecular weight excluding hydrogens is 296 g/mol. The minimum Gasteiger partial charge on any atom is -0.309 e. The first-order chi connectivity index (χ1) is 9.56. The van der Waals surface area contributed by atoms with Crippen molar-refractivity contribution >= 4 is 28.6 Å². The second-order valence-electron chi connectivity index (χ2n) is 4.49. The lowest BCUT2D eigenvalue weighted by molar-refractivity contribution is -0.384. The predicted molar refractivity (Wildman–Crippen MR) is 82.5 cm³/mol. The van der Waals surface area contributed by atoms with Gasteiger partial charge in [-0.15, -0.1) is 11.3 Å². The lowest BCUT2D eigenvalue weighted by atomic mass is 10.1. The third kappa shape index (κ3) is 4.03. The van der Waals surface area contributed by atoms with E-state index in [1.807, 2.05) is 12.1 Å². The molecule has 106 valence electrons. The van der Waals surface area contributed by atoms with Crippen molar-refractivity contribution in [3.05, 3.63) is 61.3 Å². The van der Waals surface area contributed by atoms with E-state index in [-0.39, 0.29) is 16.7 Å². The molecular formula is C14H15ClN2O2S. The number of rotatable bonds is 6. The van der Waals surface area contributed by atoms with E-state index in [1.54, 1.807) is 23.5 Å². The summed E-state index contributed by atoms with van der Waals surface area (Å²) in [6, 6.07) is 10.9. The van der Waals surface area contributed by atoms with E-state index >= 15 is 0 Å². The zero-order valence-electron chi connectivity index (χ0n) is 11.0. The minimum atomic E-state index is -0.384. The Morgan fingerprint density at radius 1 is 1.30 bits per heavy atom. The molecule has 0 saturated heterocycles. The highest BCUT2D eigenvalue weighted by Crippen LogP contribution is 2.26. The second kappa shape index (κ2) is 6.83. The molecule has 0 radical (unpaired) electrons. The topological polar surface area (TPSA) is 55.2 Å². The summed E-state index contributed by atoms with van der Waals surface area (Å²) in [6.45, 7) is 2.91. The number of thiophene rings is 1. The molecule has 1 N–H and O–H groups in total. The van der Waals surface area contributed by atoms with E-state index < -0.39 is 0 Å². The van der Waals surface area contributed by atoms with Crippen LogP contribution in [0.1, 0.15) is 23.4 Å². The first-order valence-electron chi connectivity index (χ1n) is 6.28. The van der Waals surface area contributed by atoms with Crippen molar-refractivity contribution in [2.75, 3.05) is 6.54 Å². The molecule has 0 fully saturated rings. The molecule has 0 saturated carbocycles. The Kier molecular flexibility index (Phi) is 5.11. The summed E-state index contributed by atoms with van der Waals surface area (Å²) in [7, 11) is 0. The maximum Gasteiger partial charge on any atom is 0.269 e. The van der Waals surface area contributed by atoms with Crippen molar-refractivity contribution in [3.8, 4) is 0 Å². The van der Waals surface area contributed by atoms with Crippen LogP contribution in [-0.2, 0) is 6.42 Å². The Morgan fingerprint density at radius 2 is 2.00 bits per heavy atom. The fraction of sp³-hybridized carbons (Fsp3) is 0.286. The molecule has 1 aromatic carbocycles. The van der Waals surface area contributed by atoms with Crippen molar-refractivity contribution < 1.29 is 4.92 Å². The molecule has 0 bridgehead atoms. The molecule has 1 heterocycles. The molecule has 0 amide bonds. The van der Waals surface area contributed by atoms with Crippen LogP contribution < -0.4 is 5.32 Å². The summed E-state index contributed by atoms with van der Waals surface area (Å²) in [4.78, 5) is 11.4. The van der Waals surface area contributed by atoms with Gasteiger partial charge in [-0.2, -0.15) is 0 Å². The van der Waals surface area contributed by atoms with Crippen LogP contribution in [0.25, 0.3) is 0 Å². The molecule has 0 aliphatic rings. The second-order valence-corrected chi connectivity index (χ2v) is 6.24. The van der Waals surface area contributed by atoms with Gasteiger partial charge in [0.2, 0.25) is 0 Å². The van der Waals surface area contributed by atoms with E-state index in [0.29, 0.717) is 0 Å². The standard InChI is InChI=1S/C14H15ClN2O2S/c1-10(13-6-7-14(15)20-13)16-9-8-11-2-4-12(5-3-11)17(18)19/h2-7,10,16H,8-9H2,1H3. The highest BCUT2D eigenvalue weighted by molar-refractivity contribution is 7.16. The molecule has 0 spiro atoms. The Bertz CT molecular complexity index is 583. The molecule has 0 aliphatic heterocycles. The number of hydrogen-bond acceptors (Lipinski definition) is 4. The molecule has 1 aromatic heterocycles. The Balaban J connectivity index is 1.82. The summed E-state index contributed by atoms with van der Waals surface area (Å²) in [5.74, 6) is 0. The summed E-state index contributed by atoms with van der Waals surface area (Å²) < 4.78 is 0.795. The van der Waals surface area contributed by atoms with E-state index in [9.17, 15) is 10.1 Å². The van der Waals surface area contributed by atoms with Crippen LogP contribution in [0.3, 0.4) is 0 Å². The molecule has 6 heteroatoms. The first-order valence-corrected chi connectivity index (χ1v) is 7.47. The monoisotopic (exact) mass is 310 g/mol. The maximum atomic E-state index is 10.6. The lowest BCUT2D eigenvalue weighted by Gasteiger charge is -2.11. The molecule has 2 aromatic rings. The van der Waals surface area contributed by atoms with Crippen molar-refractivity contribution in [2.24, 2.45) is 0 Å². The van der Waals surface area contributed by atoms with Crippen LogP contribution in [0.15, 0.2) is 36.4 Å². The Hall–Kier alpha value is -1.43. The van der Waals surface area contributed by atoms with Gasteiger partial charge in [-0.05, 0) is 37.6 Å². The minimum absolute atomic E-state index is 0.128. The van der Waals surface area contributed by atoms with Gasteiger partial charge in [0.1, 0.15) is 0 Å². The van der Waals surface area contributed by atoms with Gasteiger partial charge in [-0.25, -0.2) is 0 Å². The van der Waals surface area contributed by atoms with Gasteiger partial charge in [0.25, 0.3) is 5.69 Å². The van der Waals surface area contributed by atoms with Crippen molar-refractivity contribution in [1.29, 1.82) is 0 Å². The molecule has 1 atom stereocenters. The van der Waals surface area contributed by atoms with Gasteiger partial charge >= 0.3 is 0 Å². The van der Waals surface area contributed by atoms with Gasteiger partial charge in [0, 0.05) is 23.1 Å². The van der Waals surface area contributed by atoms with Gasteiger partial charge < -0.3 is 5.32 Å². The largest absolute Gasteiger partial charge is 0.309 e. The number of nitro benzene ring substituents is 1. The SMILES string of the molecule is CC(NCCc1ccc([N+](=O)[O-])cc1)c1ccc(Cl)s1. The summed E-state index contributed by atoms with van der Waals surface area (Å²) in [6.07, 6.45) is 0.835. The first kappa shape index (κ1) is 15.0. The normalized spacial score (nSPS) is 12.3. The Morgan fingerprint density at radius 3 is 2.55 bits per heavy atom. The smallest absolute Gasteiger partial charge is 0.269 e. The van der Waals surface area contributed by atoms with Crippen LogP contribution in [0.2, 0.25) is 4.34 Å². The van der Waals surface area contributed by atoms with E-state index in [0.717, 1.165) is 22.9 Å². The van der Waals surface area contributed by atoms with Gasteiger partial charge in [0.05, 0.1) is 9.26 Å². The fourth-order valence-corrected chi connectivity index (χ4v) is 2.97. The van der Waals surface area contributed by atoms with Crippen molar-refractivity contribution in [1.82, 2.24) is 5.32 Å². The molecule has 0 aliphatic carbocycles. The summed E-state index contributed by atoms with van der Waals surface area (Å²) >= 11 is 7.49. The number of benzene rings is 1. The van der Waals surface area contributed by atoms with Gasteiger partial charge in [-0.1, -0.05) is 23.7 Å². The van der Waals surface area contributed by atoms with Crippen LogP contribution in [0, 0.1) is 10.1 Å². The fourth-order valence-electron chi connectivity index (χ4n) is 1.88. The van der Waals surface area contributed by atoms with Crippen LogP contribution >= 0.6 is 22.9 Å².